The Hall–Kier alpha value is -6.35. The van der Waals surface area contributed by atoms with Crippen LogP contribution in [0.4, 0.5) is 0 Å². The summed E-state index contributed by atoms with van der Waals surface area (Å²) < 4.78 is 21.1. The van der Waals surface area contributed by atoms with Gasteiger partial charge in [0.1, 0.15) is 11.6 Å². The van der Waals surface area contributed by atoms with Crippen molar-refractivity contribution in [3.63, 3.8) is 0 Å². The van der Waals surface area contributed by atoms with Gasteiger partial charge in [-0.15, -0.1) is 29.3 Å². The second kappa shape index (κ2) is 19.9. The van der Waals surface area contributed by atoms with Crippen LogP contribution >= 0.6 is 0 Å². The van der Waals surface area contributed by atoms with Crippen molar-refractivity contribution in [2.45, 2.75) is 96.3 Å². The molecule has 0 unspecified atom stereocenters. The van der Waals surface area contributed by atoms with Gasteiger partial charge in [0.15, 0.2) is 0 Å². The molecule has 0 aliphatic heterocycles. The zero-order valence-electron chi connectivity index (χ0n) is 41.8. The zero-order chi connectivity index (χ0) is 48.0. The summed E-state index contributed by atoms with van der Waals surface area (Å²) in [5.41, 5.74) is 15.5. The van der Waals surface area contributed by atoms with Crippen LogP contribution in [0.15, 0.2) is 170 Å². The van der Waals surface area contributed by atoms with Gasteiger partial charge in [0.25, 0.3) is 0 Å². The number of aromatic nitrogens is 3. The van der Waals surface area contributed by atoms with Gasteiger partial charge in [-0.25, -0.2) is 4.98 Å². The van der Waals surface area contributed by atoms with Crippen molar-refractivity contribution in [3.8, 4) is 78.6 Å². The Morgan fingerprint density at radius 2 is 1.26 bits per heavy atom. The first kappa shape index (κ1) is 43.9. The first-order valence-electron chi connectivity index (χ1n) is 25.8. The van der Waals surface area contributed by atoms with Crippen molar-refractivity contribution in [1.82, 2.24) is 14.5 Å². The maximum atomic E-state index is 12.4. The topological polar surface area (TPSA) is 50.9 Å². The molecule has 7 aromatic carbocycles. The third-order valence-corrected chi connectivity index (χ3v) is 14.5. The molecule has 5 heteroatoms. The summed E-state index contributed by atoms with van der Waals surface area (Å²) in [6, 6.07) is 60.3. The molecular formula is C64H60N3OPt-. The Labute approximate surface area is 425 Å². The fraction of sp³-hybridized carbons (Fsp3) is 0.250. The minimum atomic E-state index is -1.49. The van der Waals surface area contributed by atoms with Crippen LogP contribution < -0.4 is 0 Å². The van der Waals surface area contributed by atoms with E-state index < -0.39 is 6.37 Å². The second-order valence-electron chi connectivity index (χ2n) is 20.1. The van der Waals surface area contributed by atoms with Crippen LogP contribution in [0.2, 0.25) is 0 Å². The van der Waals surface area contributed by atoms with E-state index in [1.54, 1.807) is 0 Å². The first-order chi connectivity index (χ1) is 34.0. The molecule has 2 fully saturated rings. The third-order valence-electron chi connectivity index (χ3n) is 14.5. The number of aromatic hydroxyl groups is 1. The summed E-state index contributed by atoms with van der Waals surface area (Å²) in [5, 5.41) is 12.4. The van der Waals surface area contributed by atoms with Gasteiger partial charge in [-0.1, -0.05) is 198 Å². The second-order valence-corrected chi connectivity index (χ2v) is 20.1. The number of phenolic OH excluding ortho intramolecular Hbond substituents is 1. The fourth-order valence-corrected chi connectivity index (χ4v) is 10.7. The number of para-hydroxylation sites is 2. The van der Waals surface area contributed by atoms with Gasteiger partial charge in [-0.3, -0.25) is 9.55 Å². The molecule has 69 heavy (non-hydrogen) atoms. The van der Waals surface area contributed by atoms with E-state index in [1.807, 2.05) is 79.0 Å². The number of hydrogen-bond acceptors (Lipinski definition) is 3. The van der Waals surface area contributed by atoms with E-state index in [2.05, 4.69) is 122 Å². The quantitative estimate of drug-likeness (QED) is 0.139. The summed E-state index contributed by atoms with van der Waals surface area (Å²) >= 11 is 0. The van der Waals surface area contributed by atoms with Crippen molar-refractivity contribution in [1.29, 1.82) is 0 Å². The summed E-state index contributed by atoms with van der Waals surface area (Å²) in [7, 11) is 0. The van der Waals surface area contributed by atoms with E-state index in [9.17, 15) is 7.85 Å². The van der Waals surface area contributed by atoms with Crippen molar-refractivity contribution in [3.05, 3.63) is 193 Å². The number of imidazole rings is 1. The Morgan fingerprint density at radius 3 is 1.99 bits per heavy atom. The Morgan fingerprint density at radius 1 is 0.609 bits per heavy atom. The molecule has 1 N–H and O–H groups in total. The fourth-order valence-electron chi connectivity index (χ4n) is 10.7. The number of rotatable bonds is 10. The van der Waals surface area contributed by atoms with E-state index in [1.165, 1.54) is 43.2 Å². The van der Waals surface area contributed by atoms with Gasteiger partial charge in [0.2, 0.25) is 0 Å². The minimum absolute atomic E-state index is 0. The van der Waals surface area contributed by atoms with Crippen LogP contribution in [0.5, 0.6) is 5.75 Å². The minimum Gasteiger partial charge on any atom is -0.507 e. The zero-order valence-corrected chi connectivity index (χ0v) is 42.1. The molecule has 2 aliphatic rings. The Kier molecular flexibility index (Phi) is 12.7. The van der Waals surface area contributed by atoms with Crippen molar-refractivity contribution < 1.29 is 28.9 Å². The summed E-state index contributed by atoms with van der Waals surface area (Å²) in [6.07, 6.45) is 10.9. The first-order valence-corrected chi connectivity index (χ1v) is 24.8. The molecule has 9 aromatic rings. The average Bonchev–Trinajstić information content (AvgIpc) is 4.09. The molecule has 2 saturated carbocycles. The van der Waals surface area contributed by atoms with Crippen LogP contribution in [-0.2, 0) is 32.9 Å². The largest absolute Gasteiger partial charge is 0.507 e. The number of nitrogens with zero attached hydrogens (tertiary/aromatic N) is 3. The SMILES string of the molecule is [2H]C([2H])(c1ccc(-n2c(-c3cccc(-c4ccccc4)c3O)nc3c(-c4[c-]c(-c5cc(-c6ccc(C7CCCCC7)cc6)ccn5)cc(C(C)(C)C)c4)cccc32)c(-c2ccccc2)c1)C1CCCC1.[Pt]. The predicted molar refractivity (Wildman–Crippen MR) is 282 cm³/mol. The van der Waals surface area contributed by atoms with Crippen molar-refractivity contribution >= 4 is 11.0 Å². The molecule has 0 saturated heterocycles. The van der Waals surface area contributed by atoms with Crippen molar-refractivity contribution in [2.75, 3.05) is 0 Å². The molecule has 348 valence electrons. The summed E-state index contributed by atoms with van der Waals surface area (Å²) in [6.45, 7) is 6.73. The standard InChI is InChI=1S/C64H60N3O.Pt/c1-64(2,3)53-40-51(39-52(41-53)58-42-50(35-36-65-58)47-32-30-46(31-33-47)45-19-7-4-8-20-45)54-25-16-28-60-61(54)66-63(56-27-15-26-55(62(56)68)48-21-9-5-10-22-48)67(60)59-34-29-44(37-43-17-13-14-18-43)38-57(59)49-23-11-6-12-24-49;/h5-6,9-12,15-16,21-36,38,40-43,45,68H,4,7-8,13-14,17-20,37H2,1-3H3;/q-1;/i37D2;. The Bertz CT molecular complexity index is 3330. The molecule has 0 atom stereocenters. The van der Waals surface area contributed by atoms with Crippen LogP contribution in [0.1, 0.15) is 104 Å². The van der Waals surface area contributed by atoms with E-state index in [4.69, 9.17) is 9.97 Å². The normalized spacial score (nSPS) is 15.2. The van der Waals surface area contributed by atoms with Crippen LogP contribution in [0.25, 0.3) is 83.9 Å². The molecule has 2 heterocycles. The molecule has 0 spiro atoms. The number of pyridine rings is 1. The van der Waals surface area contributed by atoms with Gasteiger partial charge in [0.05, 0.1) is 22.3 Å². The van der Waals surface area contributed by atoms with Crippen LogP contribution in [-0.4, -0.2) is 19.6 Å². The van der Waals surface area contributed by atoms with E-state index >= 15 is 0 Å². The smallest absolute Gasteiger partial charge is 0.148 e. The summed E-state index contributed by atoms with van der Waals surface area (Å²) in [5.74, 6) is 1.34. The molecule has 0 amide bonds. The van der Waals surface area contributed by atoms with Crippen LogP contribution in [0.3, 0.4) is 0 Å². The molecule has 11 rings (SSSR count). The van der Waals surface area contributed by atoms with Gasteiger partial charge >= 0.3 is 0 Å². The monoisotopic (exact) mass is 1080 g/mol. The van der Waals surface area contributed by atoms with Gasteiger partial charge < -0.3 is 5.11 Å². The molecule has 2 aliphatic carbocycles. The van der Waals surface area contributed by atoms with Crippen molar-refractivity contribution in [2.24, 2.45) is 5.92 Å². The third kappa shape index (κ3) is 9.54. The van der Waals surface area contributed by atoms with E-state index in [0.717, 1.165) is 92.6 Å². The molecule has 2 aromatic heterocycles. The van der Waals surface area contributed by atoms with Crippen LogP contribution in [0, 0.1) is 12.0 Å². The predicted octanol–water partition coefficient (Wildman–Crippen LogP) is 17.0. The summed E-state index contributed by atoms with van der Waals surface area (Å²) in [4.78, 5) is 10.6. The van der Waals surface area contributed by atoms with Gasteiger partial charge in [-0.2, -0.15) is 0 Å². The maximum Gasteiger partial charge on any atom is 0.148 e. The number of phenols is 1. The molecule has 4 nitrogen and oxygen atoms in total. The van der Waals surface area contributed by atoms with Gasteiger partial charge in [-0.05, 0) is 100 Å². The Balaban J connectivity index is 0.00000582. The molecule has 0 bridgehead atoms. The molecular weight excluding hydrogens is 1020 g/mol. The van der Waals surface area contributed by atoms with E-state index in [-0.39, 0.29) is 38.1 Å². The number of benzene rings is 7. The average molecular weight is 1080 g/mol. The molecule has 0 radical (unpaired) electrons. The maximum absolute atomic E-state index is 12.4. The van der Waals surface area contributed by atoms with Gasteiger partial charge in [0, 0.05) is 46.8 Å². The number of fused-ring (bicyclic) bond motifs is 1. The number of hydrogen-bond donors (Lipinski definition) is 1. The van der Waals surface area contributed by atoms with E-state index in [0.29, 0.717) is 28.4 Å².